The molecule has 0 fully saturated rings. The highest BCUT2D eigenvalue weighted by Crippen LogP contribution is 2.23. The normalized spacial score (nSPS) is 11.2. The molecule has 126 valence electrons. The maximum atomic E-state index is 11.7. The summed E-state index contributed by atoms with van der Waals surface area (Å²) in [5, 5.41) is 9.23. The lowest BCUT2D eigenvalue weighted by atomic mass is 10.4. The van der Waals surface area contributed by atoms with Crippen molar-refractivity contribution < 1.29 is 4.52 Å². The molecular formula is C15H11ClN6O2S. The minimum atomic E-state index is -0.234. The van der Waals surface area contributed by atoms with E-state index in [-0.39, 0.29) is 12.1 Å². The van der Waals surface area contributed by atoms with Crippen LogP contribution < -0.4 is 5.56 Å². The predicted octanol–water partition coefficient (Wildman–Crippen LogP) is 2.50. The summed E-state index contributed by atoms with van der Waals surface area (Å²) in [7, 11) is 0. The van der Waals surface area contributed by atoms with Gasteiger partial charge in [0.15, 0.2) is 11.5 Å². The van der Waals surface area contributed by atoms with Gasteiger partial charge in [-0.05, 0) is 24.3 Å². The summed E-state index contributed by atoms with van der Waals surface area (Å²) in [5.74, 6) is 1.55. The molecule has 0 unspecified atom stereocenters. The topological polar surface area (TPSA) is 102 Å². The maximum Gasteiger partial charge on any atom is 0.261 e. The van der Waals surface area contributed by atoms with Gasteiger partial charge in [0.25, 0.3) is 5.56 Å². The molecule has 4 aromatic rings. The first-order chi connectivity index (χ1) is 12.2. The predicted molar refractivity (Wildman–Crippen MR) is 92.6 cm³/mol. The number of aromatic amines is 1. The summed E-state index contributed by atoms with van der Waals surface area (Å²) >= 11 is 7.45. The number of H-pyrrole nitrogens is 1. The Morgan fingerprint density at radius 3 is 2.96 bits per heavy atom. The molecule has 25 heavy (non-hydrogen) atoms. The monoisotopic (exact) mass is 374 g/mol. The number of hydrogen-bond donors (Lipinski definition) is 1. The molecule has 0 saturated carbocycles. The molecule has 0 aliphatic heterocycles. The molecule has 8 nitrogen and oxygen atoms in total. The summed E-state index contributed by atoms with van der Waals surface area (Å²) in [6.07, 6.45) is 2.81. The van der Waals surface area contributed by atoms with Crippen LogP contribution in [0.5, 0.6) is 0 Å². The molecule has 0 saturated heterocycles. The highest BCUT2D eigenvalue weighted by Gasteiger charge is 2.12. The highest BCUT2D eigenvalue weighted by molar-refractivity contribution is 7.98. The van der Waals surface area contributed by atoms with E-state index in [1.165, 1.54) is 12.5 Å². The van der Waals surface area contributed by atoms with Crippen LogP contribution in [0.3, 0.4) is 0 Å². The molecule has 1 aromatic carbocycles. The lowest BCUT2D eigenvalue weighted by molar-refractivity contribution is 0.364. The SMILES string of the molecule is O=c1[nH]cnc2c1cnn2Cc1nc(CSc2ccc(Cl)cc2)no1. The molecule has 0 spiro atoms. The zero-order valence-electron chi connectivity index (χ0n) is 12.7. The first kappa shape index (κ1) is 15.9. The van der Waals surface area contributed by atoms with E-state index in [2.05, 4.69) is 25.2 Å². The van der Waals surface area contributed by atoms with E-state index in [9.17, 15) is 4.79 Å². The number of benzene rings is 1. The van der Waals surface area contributed by atoms with Gasteiger partial charge in [-0.2, -0.15) is 10.1 Å². The molecule has 0 amide bonds. The van der Waals surface area contributed by atoms with Crippen LogP contribution in [-0.4, -0.2) is 29.9 Å². The van der Waals surface area contributed by atoms with Gasteiger partial charge in [-0.25, -0.2) is 9.67 Å². The van der Waals surface area contributed by atoms with Crippen LogP contribution in [-0.2, 0) is 12.3 Å². The van der Waals surface area contributed by atoms with Crippen molar-refractivity contribution in [1.29, 1.82) is 0 Å². The Balaban J connectivity index is 1.46. The van der Waals surface area contributed by atoms with E-state index in [0.29, 0.717) is 33.5 Å². The van der Waals surface area contributed by atoms with Gasteiger partial charge in [0, 0.05) is 9.92 Å². The summed E-state index contributed by atoms with van der Waals surface area (Å²) in [4.78, 5) is 23.7. The van der Waals surface area contributed by atoms with Gasteiger partial charge in [-0.15, -0.1) is 11.8 Å². The number of halogens is 1. The van der Waals surface area contributed by atoms with Crippen molar-refractivity contribution in [3.63, 3.8) is 0 Å². The molecule has 3 heterocycles. The number of aromatic nitrogens is 6. The zero-order valence-corrected chi connectivity index (χ0v) is 14.3. The van der Waals surface area contributed by atoms with Gasteiger partial charge in [-0.3, -0.25) is 4.79 Å². The molecule has 4 rings (SSSR count). The second-order valence-corrected chi connectivity index (χ2v) is 6.60. The lowest BCUT2D eigenvalue weighted by Gasteiger charge is -1.98. The Labute approximate surface area is 150 Å². The summed E-state index contributed by atoms with van der Waals surface area (Å²) in [6, 6.07) is 7.55. The van der Waals surface area contributed by atoms with Crippen LogP contribution in [0.25, 0.3) is 11.0 Å². The third-order valence-corrected chi connectivity index (χ3v) is 4.68. The molecule has 10 heteroatoms. The first-order valence-corrected chi connectivity index (χ1v) is 8.64. The number of hydrogen-bond acceptors (Lipinski definition) is 7. The number of thioether (sulfide) groups is 1. The van der Waals surface area contributed by atoms with Crippen molar-refractivity contribution in [1.82, 2.24) is 29.9 Å². The largest absolute Gasteiger partial charge is 0.337 e. The van der Waals surface area contributed by atoms with Crippen LogP contribution in [0.2, 0.25) is 5.02 Å². The van der Waals surface area contributed by atoms with Gasteiger partial charge < -0.3 is 9.51 Å². The van der Waals surface area contributed by atoms with Crippen LogP contribution >= 0.6 is 23.4 Å². The van der Waals surface area contributed by atoms with Gasteiger partial charge in [0.05, 0.1) is 18.3 Å². The van der Waals surface area contributed by atoms with Gasteiger partial charge >= 0.3 is 0 Å². The second-order valence-electron chi connectivity index (χ2n) is 5.12. The summed E-state index contributed by atoms with van der Waals surface area (Å²) in [5.41, 5.74) is 0.237. The van der Waals surface area contributed by atoms with Crippen LogP contribution in [0.1, 0.15) is 11.7 Å². The average Bonchev–Trinajstić information content (AvgIpc) is 3.23. The standard InChI is InChI=1S/C15H11ClN6O2S/c16-9-1-3-10(4-2-9)25-7-12-20-13(24-21-12)6-22-14-11(5-19-22)15(23)18-8-17-14/h1-5,8H,6-7H2,(H,17,18,23). The van der Waals surface area contributed by atoms with Crippen LogP contribution in [0.4, 0.5) is 0 Å². The summed E-state index contributed by atoms with van der Waals surface area (Å²) < 4.78 is 6.80. The van der Waals surface area contributed by atoms with Crippen LogP contribution in [0, 0.1) is 0 Å². The van der Waals surface area contributed by atoms with Gasteiger partial charge in [-0.1, -0.05) is 16.8 Å². The molecule has 3 aromatic heterocycles. The molecule has 1 N–H and O–H groups in total. The van der Waals surface area contributed by atoms with Crippen molar-refractivity contribution in [3.8, 4) is 0 Å². The van der Waals surface area contributed by atoms with Gasteiger partial charge in [0.2, 0.25) is 5.89 Å². The van der Waals surface area contributed by atoms with Crippen molar-refractivity contribution in [2.75, 3.05) is 0 Å². The van der Waals surface area contributed by atoms with E-state index in [1.807, 2.05) is 24.3 Å². The zero-order chi connectivity index (χ0) is 17.2. The average molecular weight is 375 g/mol. The first-order valence-electron chi connectivity index (χ1n) is 7.28. The fraction of sp³-hybridized carbons (Fsp3) is 0.133. The van der Waals surface area contributed by atoms with E-state index in [0.717, 1.165) is 4.90 Å². The quantitative estimate of drug-likeness (QED) is 0.535. The Kier molecular flexibility index (Phi) is 4.24. The molecular weight excluding hydrogens is 364 g/mol. The fourth-order valence-electron chi connectivity index (χ4n) is 2.24. The molecule has 0 atom stereocenters. The Morgan fingerprint density at radius 2 is 2.12 bits per heavy atom. The Hall–Kier alpha value is -2.65. The minimum absolute atomic E-state index is 0.234. The van der Waals surface area contributed by atoms with Crippen molar-refractivity contribution >= 4 is 34.4 Å². The van der Waals surface area contributed by atoms with Gasteiger partial charge in [0.1, 0.15) is 11.9 Å². The van der Waals surface area contributed by atoms with Crippen LogP contribution in [0.15, 0.2) is 51.0 Å². The van der Waals surface area contributed by atoms with Crippen molar-refractivity contribution in [3.05, 3.63) is 63.9 Å². The number of nitrogens with one attached hydrogen (secondary N) is 1. The lowest BCUT2D eigenvalue weighted by Crippen LogP contribution is -2.08. The van der Waals surface area contributed by atoms with E-state index in [4.69, 9.17) is 16.1 Å². The van der Waals surface area contributed by atoms with Crippen molar-refractivity contribution in [2.24, 2.45) is 0 Å². The maximum absolute atomic E-state index is 11.7. The minimum Gasteiger partial charge on any atom is -0.337 e. The Morgan fingerprint density at radius 1 is 1.28 bits per heavy atom. The summed E-state index contributed by atoms with van der Waals surface area (Å²) in [6.45, 7) is 0.249. The third-order valence-electron chi connectivity index (χ3n) is 3.42. The fourth-order valence-corrected chi connectivity index (χ4v) is 3.11. The highest BCUT2D eigenvalue weighted by atomic mass is 35.5. The third kappa shape index (κ3) is 3.42. The molecule has 0 bridgehead atoms. The second kappa shape index (κ2) is 6.69. The number of fused-ring (bicyclic) bond motifs is 1. The van der Waals surface area contributed by atoms with E-state index in [1.54, 1.807) is 16.4 Å². The molecule has 0 aliphatic carbocycles. The smallest absolute Gasteiger partial charge is 0.261 e. The van der Waals surface area contributed by atoms with E-state index < -0.39 is 0 Å². The van der Waals surface area contributed by atoms with Crippen molar-refractivity contribution in [2.45, 2.75) is 17.2 Å². The molecule has 0 radical (unpaired) electrons. The van der Waals surface area contributed by atoms with E-state index >= 15 is 0 Å². The molecule has 0 aliphatic rings. The number of rotatable bonds is 5. The number of nitrogens with zero attached hydrogens (tertiary/aromatic N) is 5. The Bertz CT molecular complexity index is 1070.